The number of para-hydroxylation sites is 1. The number of aromatic amines is 1. The van der Waals surface area contributed by atoms with E-state index in [1.165, 1.54) is 16.5 Å². The number of nitrogens with one attached hydrogen (secondary N) is 1. The van der Waals surface area contributed by atoms with Gasteiger partial charge in [-0.1, -0.05) is 30.3 Å². The lowest BCUT2D eigenvalue weighted by Gasteiger charge is -2.32. The minimum atomic E-state index is -2.77. The molecule has 1 aromatic heterocycles. The van der Waals surface area contributed by atoms with Crippen molar-refractivity contribution in [3.63, 3.8) is 0 Å². The maximum Gasteiger partial charge on any atom is 0.387 e. The minimum absolute atomic E-state index is 0.210. The van der Waals surface area contributed by atoms with E-state index < -0.39 is 6.61 Å². The summed E-state index contributed by atoms with van der Waals surface area (Å²) in [5.74, 6) is 0.797. The number of fused-ring (bicyclic) bond motifs is 1. The fourth-order valence-electron chi connectivity index (χ4n) is 3.87. The van der Waals surface area contributed by atoms with E-state index in [2.05, 4.69) is 45.1 Å². The van der Waals surface area contributed by atoms with Crippen LogP contribution in [0.5, 0.6) is 5.75 Å². The zero-order valence-corrected chi connectivity index (χ0v) is 14.5. The molecule has 0 bridgehead atoms. The molecule has 5 heteroatoms. The normalized spacial score (nSPS) is 16.4. The van der Waals surface area contributed by atoms with Gasteiger partial charge in [0.1, 0.15) is 5.75 Å². The molecule has 1 N–H and O–H groups in total. The molecule has 3 aromatic rings. The molecule has 1 aliphatic rings. The molecule has 0 spiro atoms. The van der Waals surface area contributed by atoms with Crippen molar-refractivity contribution in [2.24, 2.45) is 0 Å². The van der Waals surface area contributed by atoms with E-state index in [0.717, 1.165) is 38.0 Å². The Balaban J connectivity index is 1.35. The lowest BCUT2D eigenvalue weighted by atomic mass is 9.89. The Morgan fingerprint density at radius 1 is 1.04 bits per heavy atom. The molecule has 0 radical (unpaired) electrons. The number of ether oxygens (including phenoxy) is 1. The number of rotatable bonds is 5. The van der Waals surface area contributed by atoms with E-state index >= 15 is 0 Å². The average Bonchev–Trinajstić information content (AvgIpc) is 3.08. The molecule has 1 saturated heterocycles. The molecule has 0 atom stereocenters. The molecule has 3 nitrogen and oxygen atoms in total. The largest absolute Gasteiger partial charge is 0.435 e. The Labute approximate surface area is 151 Å². The van der Waals surface area contributed by atoms with Crippen molar-refractivity contribution >= 4 is 10.9 Å². The Morgan fingerprint density at radius 2 is 1.77 bits per heavy atom. The summed E-state index contributed by atoms with van der Waals surface area (Å²) in [5, 5.41) is 1.33. The first-order chi connectivity index (χ1) is 12.7. The number of alkyl halides is 2. The molecule has 2 heterocycles. The zero-order valence-electron chi connectivity index (χ0n) is 14.5. The molecule has 2 aromatic carbocycles. The van der Waals surface area contributed by atoms with Crippen molar-refractivity contribution in [1.29, 1.82) is 0 Å². The molecule has 0 amide bonds. The summed E-state index contributed by atoms with van der Waals surface area (Å²) in [6.45, 7) is 0.151. The van der Waals surface area contributed by atoms with Crippen LogP contribution in [0.3, 0.4) is 0 Å². The van der Waals surface area contributed by atoms with Crippen molar-refractivity contribution in [2.75, 3.05) is 13.1 Å². The second-order valence-corrected chi connectivity index (χ2v) is 6.86. The predicted molar refractivity (Wildman–Crippen MR) is 98.6 cm³/mol. The first-order valence-electron chi connectivity index (χ1n) is 9.01. The highest BCUT2D eigenvalue weighted by atomic mass is 19.3. The molecule has 1 aliphatic heterocycles. The number of H-pyrrole nitrogens is 1. The lowest BCUT2D eigenvalue weighted by Crippen LogP contribution is -2.32. The zero-order chi connectivity index (χ0) is 17.9. The number of nitrogens with zero attached hydrogens (tertiary/aromatic N) is 1. The van der Waals surface area contributed by atoms with E-state index in [4.69, 9.17) is 0 Å². The van der Waals surface area contributed by atoms with Gasteiger partial charge in [0.2, 0.25) is 0 Å². The first-order valence-corrected chi connectivity index (χ1v) is 9.01. The fourth-order valence-corrected chi connectivity index (χ4v) is 3.87. The van der Waals surface area contributed by atoms with Gasteiger partial charge in [0.25, 0.3) is 0 Å². The van der Waals surface area contributed by atoms with Crippen LogP contribution in [0.15, 0.2) is 54.7 Å². The van der Waals surface area contributed by atoms with Crippen LogP contribution >= 0.6 is 0 Å². The van der Waals surface area contributed by atoms with Crippen molar-refractivity contribution in [1.82, 2.24) is 9.88 Å². The SMILES string of the molecule is FC(F)Oc1ccc(CN2CCC(c3c[nH]c4ccccc34)CC2)cc1. The Hall–Kier alpha value is -2.40. The van der Waals surface area contributed by atoms with Gasteiger partial charge < -0.3 is 9.72 Å². The van der Waals surface area contributed by atoms with E-state index in [1.54, 1.807) is 12.1 Å². The third kappa shape index (κ3) is 3.73. The van der Waals surface area contributed by atoms with E-state index in [0.29, 0.717) is 5.92 Å². The van der Waals surface area contributed by atoms with Gasteiger partial charge in [0.15, 0.2) is 0 Å². The number of piperidine rings is 1. The Morgan fingerprint density at radius 3 is 2.50 bits per heavy atom. The second-order valence-electron chi connectivity index (χ2n) is 6.86. The topological polar surface area (TPSA) is 28.3 Å². The highest BCUT2D eigenvalue weighted by Crippen LogP contribution is 2.33. The van der Waals surface area contributed by atoms with Gasteiger partial charge in [-0.25, -0.2) is 0 Å². The maximum atomic E-state index is 12.2. The van der Waals surface area contributed by atoms with Crippen LogP contribution in [0.25, 0.3) is 10.9 Å². The van der Waals surface area contributed by atoms with Crippen LogP contribution in [-0.4, -0.2) is 29.6 Å². The van der Waals surface area contributed by atoms with Crippen LogP contribution in [0.4, 0.5) is 8.78 Å². The number of aromatic nitrogens is 1. The maximum absolute atomic E-state index is 12.2. The molecule has 136 valence electrons. The van der Waals surface area contributed by atoms with Gasteiger partial charge >= 0.3 is 6.61 Å². The highest BCUT2D eigenvalue weighted by molar-refractivity contribution is 5.83. The van der Waals surface area contributed by atoms with Crippen molar-refractivity contribution in [3.8, 4) is 5.75 Å². The van der Waals surface area contributed by atoms with Crippen LogP contribution in [0.1, 0.15) is 29.9 Å². The van der Waals surface area contributed by atoms with E-state index in [1.807, 2.05) is 12.1 Å². The standard InChI is InChI=1S/C21H22F2N2O/c22-21(23)26-17-7-5-15(6-8-17)14-25-11-9-16(10-12-25)19-13-24-20-4-2-1-3-18(19)20/h1-8,13,16,21,24H,9-12,14H2. The van der Waals surface area contributed by atoms with E-state index in [9.17, 15) is 8.78 Å². The second kappa shape index (κ2) is 7.46. The highest BCUT2D eigenvalue weighted by Gasteiger charge is 2.22. The summed E-state index contributed by atoms with van der Waals surface area (Å²) >= 11 is 0. The summed E-state index contributed by atoms with van der Waals surface area (Å²) in [4.78, 5) is 5.80. The summed E-state index contributed by atoms with van der Waals surface area (Å²) < 4.78 is 28.8. The van der Waals surface area contributed by atoms with Gasteiger partial charge in [0.05, 0.1) is 0 Å². The Bertz CT molecular complexity index is 852. The van der Waals surface area contributed by atoms with Crippen LogP contribution < -0.4 is 4.74 Å². The summed E-state index contributed by atoms with van der Waals surface area (Å²) in [6.07, 6.45) is 4.43. The van der Waals surface area contributed by atoms with Gasteiger partial charge in [-0.3, -0.25) is 4.90 Å². The molecule has 0 saturated carbocycles. The van der Waals surface area contributed by atoms with Gasteiger partial charge in [-0.05, 0) is 61.2 Å². The third-order valence-electron chi connectivity index (χ3n) is 5.20. The molecule has 0 unspecified atom stereocenters. The lowest BCUT2D eigenvalue weighted by molar-refractivity contribution is -0.0498. The molecule has 0 aliphatic carbocycles. The molecular weight excluding hydrogens is 334 g/mol. The summed E-state index contributed by atoms with van der Waals surface area (Å²) in [7, 11) is 0. The summed E-state index contributed by atoms with van der Waals surface area (Å²) in [6, 6.07) is 15.4. The summed E-state index contributed by atoms with van der Waals surface area (Å²) in [5.41, 5.74) is 3.75. The number of benzene rings is 2. The number of likely N-dealkylation sites (tertiary alicyclic amines) is 1. The predicted octanol–water partition coefficient (Wildman–Crippen LogP) is 5.15. The molecular formula is C21H22F2N2O. The van der Waals surface area contributed by atoms with Crippen molar-refractivity contribution in [2.45, 2.75) is 31.9 Å². The quantitative estimate of drug-likeness (QED) is 0.685. The molecule has 26 heavy (non-hydrogen) atoms. The molecule has 4 rings (SSSR count). The average molecular weight is 356 g/mol. The number of hydrogen-bond acceptors (Lipinski definition) is 2. The molecule has 1 fully saturated rings. The number of hydrogen-bond donors (Lipinski definition) is 1. The minimum Gasteiger partial charge on any atom is -0.435 e. The van der Waals surface area contributed by atoms with Crippen LogP contribution in [0.2, 0.25) is 0 Å². The van der Waals surface area contributed by atoms with Crippen LogP contribution in [0, 0.1) is 0 Å². The Kier molecular flexibility index (Phi) is 4.89. The fraction of sp³-hybridized carbons (Fsp3) is 0.333. The van der Waals surface area contributed by atoms with E-state index in [-0.39, 0.29) is 5.75 Å². The van der Waals surface area contributed by atoms with Crippen molar-refractivity contribution < 1.29 is 13.5 Å². The first kappa shape index (κ1) is 17.0. The monoisotopic (exact) mass is 356 g/mol. The smallest absolute Gasteiger partial charge is 0.387 e. The van der Waals surface area contributed by atoms with Gasteiger partial charge in [0, 0.05) is 23.6 Å². The number of halogens is 2. The van der Waals surface area contributed by atoms with Crippen molar-refractivity contribution in [3.05, 3.63) is 65.9 Å². The third-order valence-corrected chi connectivity index (χ3v) is 5.20. The van der Waals surface area contributed by atoms with Gasteiger partial charge in [-0.2, -0.15) is 8.78 Å². The van der Waals surface area contributed by atoms with Gasteiger partial charge in [-0.15, -0.1) is 0 Å². The van der Waals surface area contributed by atoms with Crippen LogP contribution in [-0.2, 0) is 6.54 Å².